The summed E-state index contributed by atoms with van der Waals surface area (Å²) in [6, 6.07) is 14.4. The Bertz CT molecular complexity index is 929. The van der Waals surface area contributed by atoms with E-state index in [1.165, 1.54) is 12.8 Å². The smallest absolute Gasteiger partial charge is 0.252 e. The summed E-state index contributed by atoms with van der Waals surface area (Å²) in [4.78, 5) is 13.0. The molecule has 1 atom stereocenters. The number of halogens is 1. The van der Waals surface area contributed by atoms with Crippen LogP contribution >= 0.6 is 15.9 Å². The van der Waals surface area contributed by atoms with Crippen molar-refractivity contribution in [3.05, 3.63) is 64.3 Å². The molecule has 1 heterocycles. The van der Waals surface area contributed by atoms with Crippen molar-refractivity contribution < 1.29 is 4.79 Å². The fourth-order valence-corrected chi connectivity index (χ4v) is 4.28. The summed E-state index contributed by atoms with van der Waals surface area (Å²) in [7, 11) is 0. The van der Waals surface area contributed by atoms with Gasteiger partial charge in [0.15, 0.2) is 0 Å². The molecule has 2 aromatic carbocycles. The highest BCUT2D eigenvalue weighted by Gasteiger charge is 2.22. The number of carbonyl (C=O) groups is 1. The highest BCUT2D eigenvalue weighted by atomic mass is 79.9. The van der Waals surface area contributed by atoms with Gasteiger partial charge < -0.3 is 5.32 Å². The van der Waals surface area contributed by atoms with E-state index >= 15 is 0 Å². The van der Waals surface area contributed by atoms with E-state index in [0.29, 0.717) is 11.6 Å². The number of benzene rings is 2. The van der Waals surface area contributed by atoms with Crippen molar-refractivity contribution in [2.75, 3.05) is 0 Å². The van der Waals surface area contributed by atoms with Gasteiger partial charge in [0, 0.05) is 9.86 Å². The number of aromatic nitrogens is 2. The van der Waals surface area contributed by atoms with Crippen LogP contribution in [0.3, 0.4) is 0 Å². The fourth-order valence-electron chi connectivity index (χ4n) is 3.84. The third-order valence-electron chi connectivity index (χ3n) is 5.24. The van der Waals surface area contributed by atoms with Crippen LogP contribution < -0.4 is 5.32 Å². The molecule has 0 aliphatic heterocycles. The molecule has 26 heavy (non-hydrogen) atoms. The molecule has 1 aromatic heterocycles. The van der Waals surface area contributed by atoms with Crippen molar-refractivity contribution in [2.45, 2.75) is 44.7 Å². The van der Waals surface area contributed by atoms with Crippen molar-refractivity contribution in [1.82, 2.24) is 15.1 Å². The van der Waals surface area contributed by atoms with Gasteiger partial charge in [0.2, 0.25) is 0 Å². The summed E-state index contributed by atoms with van der Waals surface area (Å²) in [5, 5.41) is 8.64. The van der Waals surface area contributed by atoms with E-state index in [-0.39, 0.29) is 11.9 Å². The molecule has 1 saturated carbocycles. The predicted octanol–water partition coefficient (Wildman–Crippen LogP) is 5.40. The number of carbonyl (C=O) groups excluding carboxylic acids is 1. The maximum atomic E-state index is 13.0. The molecule has 4 rings (SSSR count). The SMILES string of the molecule is CC(NC(=O)c1cc(Br)cc2c1cnn2C1CCCC1)c1ccccc1. The second-order valence-corrected chi connectivity index (χ2v) is 7.94. The fraction of sp³-hybridized carbons (Fsp3) is 0.333. The Hall–Kier alpha value is -2.14. The first-order valence-electron chi connectivity index (χ1n) is 9.16. The van der Waals surface area contributed by atoms with Crippen LogP contribution in [0.2, 0.25) is 0 Å². The highest BCUT2D eigenvalue weighted by Crippen LogP contribution is 2.33. The van der Waals surface area contributed by atoms with Crippen LogP contribution in [0, 0.1) is 0 Å². The van der Waals surface area contributed by atoms with Gasteiger partial charge in [-0.15, -0.1) is 0 Å². The second kappa shape index (κ2) is 7.23. The second-order valence-electron chi connectivity index (χ2n) is 7.02. The largest absolute Gasteiger partial charge is 0.345 e. The van der Waals surface area contributed by atoms with Gasteiger partial charge >= 0.3 is 0 Å². The Morgan fingerprint density at radius 3 is 2.69 bits per heavy atom. The minimum absolute atomic E-state index is 0.0531. The van der Waals surface area contributed by atoms with Crippen LogP contribution in [-0.4, -0.2) is 15.7 Å². The standard InChI is InChI=1S/C21H22BrN3O/c1-14(15-7-3-2-4-8-15)24-21(26)18-11-16(22)12-20-19(18)13-23-25(20)17-9-5-6-10-17/h2-4,7-8,11-14,17H,5-6,9-10H2,1H3,(H,24,26). The average Bonchev–Trinajstić information content (AvgIpc) is 3.30. The number of nitrogens with zero attached hydrogens (tertiary/aromatic N) is 2. The molecule has 3 aromatic rings. The molecule has 1 fully saturated rings. The van der Waals surface area contributed by atoms with Crippen LogP contribution in [0.1, 0.15) is 60.6 Å². The summed E-state index contributed by atoms with van der Waals surface area (Å²) < 4.78 is 3.01. The Morgan fingerprint density at radius 2 is 1.96 bits per heavy atom. The number of hydrogen-bond donors (Lipinski definition) is 1. The zero-order valence-corrected chi connectivity index (χ0v) is 16.4. The van der Waals surface area contributed by atoms with Crippen molar-refractivity contribution in [2.24, 2.45) is 0 Å². The van der Waals surface area contributed by atoms with E-state index in [1.54, 1.807) is 0 Å². The summed E-state index contributed by atoms with van der Waals surface area (Å²) in [6.07, 6.45) is 6.66. The van der Waals surface area contributed by atoms with Crippen molar-refractivity contribution in [1.29, 1.82) is 0 Å². The number of rotatable bonds is 4. The number of nitrogens with one attached hydrogen (secondary N) is 1. The Morgan fingerprint density at radius 1 is 1.23 bits per heavy atom. The van der Waals surface area contributed by atoms with E-state index in [4.69, 9.17) is 0 Å². The van der Waals surface area contributed by atoms with Crippen LogP contribution in [0.25, 0.3) is 10.9 Å². The summed E-state index contributed by atoms with van der Waals surface area (Å²) in [6.45, 7) is 2.00. The quantitative estimate of drug-likeness (QED) is 0.623. The molecule has 0 spiro atoms. The lowest BCUT2D eigenvalue weighted by molar-refractivity contribution is 0.0941. The number of fused-ring (bicyclic) bond motifs is 1. The Balaban J connectivity index is 1.66. The first-order chi connectivity index (χ1) is 12.6. The zero-order chi connectivity index (χ0) is 18.1. The third-order valence-corrected chi connectivity index (χ3v) is 5.70. The molecule has 1 aliphatic rings. The van der Waals surface area contributed by atoms with Gasteiger partial charge in [-0.25, -0.2) is 0 Å². The molecule has 4 nitrogen and oxygen atoms in total. The van der Waals surface area contributed by atoms with Gasteiger partial charge in [-0.05, 0) is 37.5 Å². The highest BCUT2D eigenvalue weighted by molar-refractivity contribution is 9.10. The molecule has 1 N–H and O–H groups in total. The summed E-state index contributed by atoms with van der Waals surface area (Å²) in [5.74, 6) is -0.0707. The minimum atomic E-state index is -0.0707. The van der Waals surface area contributed by atoms with Gasteiger partial charge in [-0.2, -0.15) is 5.10 Å². The molecular weight excluding hydrogens is 390 g/mol. The molecular formula is C21H22BrN3O. The molecule has 134 valence electrons. The monoisotopic (exact) mass is 411 g/mol. The Labute approximate surface area is 161 Å². The van der Waals surface area contributed by atoms with Crippen molar-refractivity contribution >= 4 is 32.7 Å². The van der Waals surface area contributed by atoms with Crippen LogP contribution in [0.4, 0.5) is 0 Å². The van der Waals surface area contributed by atoms with E-state index in [9.17, 15) is 4.79 Å². The van der Waals surface area contributed by atoms with Crippen LogP contribution in [0.15, 0.2) is 53.1 Å². The van der Waals surface area contributed by atoms with Crippen LogP contribution in [0.5, 0.6) is 0 Å². The molecule has 0 saturated heterocycles. The maximum Gasteiger partial charge on any atom is 0.252 e. The molecule has 1 unspecified atom stereocenters. The zero-order valence-electron chi connectivity index (χ0n) is 14.8. The van der Waals surface area contributed by atoms with Gasteiger partial charge in [0.25, 0.3) is 5.91 Å². The summed E-state index contributed by atoms with van der Waals surface area (Å²) >= 11 is 3.57. The maximum absolute atomic E-state index is 13.0. The minimum Gasteiger partial charge on any atom is -0.345 e. The number of hydrogen-bond acceptors (Lipinski definition) is 2. The topological polar surface area (TPSA) is 46.9 Å². The van der Waals surface area contributed by atoms with E-state index in [2.05, 4.69) is 37.1 Å². The van der Waals surface area contributed by atoms with Crippen molar-refractivity contribution in [3.63, 3.8) is 0 Å². The predicted molar refractivity (Wildman–Crippen MR) is 107 cm³/mol. The molecule has 1 amide bonds. The lowest BCUT2D eigenvalue weighted by atomic mass is 10.1. The molecule has 5 heteroatoms. The average molecular weight is 412 g/mol. The lowest BCUT2D eigenvalue weighted by Crippen LogP contribution is -2.26. The van der Waals surface area contributed by atoms with E-state index in [0.717, 1.165) is 33.8 Å². The van der Waals surface area contributed by atoms with E-state index in [1.807, 2.05) is 49.5 Å². The van der Waals surface area contributed by atoms with Gasteiger partial charge in [0.05, 0.1) is 29.4 Å². The van der Waals surface area contributed by atoms with Gasteiger partial charge in [0.1, 0.15) is 0 Å². The van der Waals surface area contributed by atoms with Crippen molar-refractivity contribution in [3.8, 4) is 0 Å². The first-order valence-corrected chi connectivity index (χ1v) is 9.95. The first kappa shape index (κ1) is 17.3. The summed E-state index contributed by atoms with van der Waals surface area (Å²) in [5.41, 5.74) is 2.79. The van der Waals surface area contributed by atoms with Gasteiger partial charge in [-0.3, -0.25) is 9.48 Å². The Kier molecular flexibility index (Phi) is 4.81. The lowest BCUT2D eigenvalue weighted by Gasteiger charge is -2.15. The number of amides is 1. The normalized spacial score (nSPS) is 16.1. The molecule has 1 aliphatic carbocycles. The van der Waals surface area contributed by atoms with E-state index < -0.39 is 0 Å². The third kappa shape index (κ3) is 3.28. The van der Waals surface area contributed by atoms with Gasteiger partial charge in [-0.1, -0.05) is 59.1 Å². The molecule has 0 radical (unpaired) electrons. The van der Waals surface area contributed by atoms with Crippen LogP contribution in [-0.2, 0) is 0 Å². The molecule has 0 bridgehead atoms.